The van der Waals surface area contributed by atoms with E-state index in [9.17, 15) is 0 Å². The molecule has 114 valence electrons. The molecule has 5 heteroatoms. The SMILES string of the molecule is CCc1c(C(C)NSc2ccc(Cl)cc2)nn2ccccc12. The normalized spacial score (nSPS) is 12.7. The zero-order valence-electron chi connectivity index (χ0n) is 12.6. The summed E-state index contributed by atoms with van der Waals surface area (Å²) in [6, 6.07) is 14.2. The number of benzene rings is 1. The molecular weight excluding hydrogens is 314 g/mol. The molecule has 0 radical (unpaired) electrons. The standard InChI is InChI=1S/C17H18ClN3S/c1-3-15-16-6-4-5-11-21(16)19-17(15)12(2)20-22-14-9-7-13(18)8-10-14/h4-12,20H,3H2,1-2H3. The molecule has 0 bridgehead atoms. The maximum atomic E-state index is 5.91. The van der Waals surface area contributed by atoms with Crippen LogP contribution in [0.4, 0.5) is 0 Å². The topological polar surface area (TPSA) is 29.3 Å². The lowest BCUT2D eigenvalue weighted by molar-refractivity contribution is 0.701. The van der Waals surface area contributed by atoms with E-state index in [1.54, 1.807) is 11.9 Å². The van der Waals surface area contributed by atoms with Crippen LogP contribution in [0.3, 0.4) is 0 Å². The second-order valence-electron chi connectivity index (χ2n) is 5.14. The Labute approximate surface area is 139 Å². The number of fused-ring (bicyclic) bond motifs is 1. The van der Waals surface area contributed by atoms with Gasteiger partial charge in [-0.3, -0.25) is 4.72 Å². The molecule has 1 atom stereocenters. The molecule has 0 saturated heterocycles. The fourth-order valence-corrected chi connectivity index (χ4v) is 3.32. The Morgan fingerprint density at radius 2 is 2.00 bits per heavy atom. The molecule has 22 heavy (non-hydrogen) atoms. The second-order valence-corrected chi connectivity index (χ2v) is 6.49. The van der Waals surface area contributed by atoms with Gasteiger partial charge in [-0.2, -0.15) is 5.10 Å². The highest BCUT2D eigenvalue weighted by Crippen LogP contribution is 2.26. The minimum atomic E-state index is 0.163. The molecule has 2 heterocycles. The van der Waals surface area contributed by atoms with E-state index < -0.39 is 0 Å². The van der Waals surface area contributed by atoms with E-state index in [0.717, 1.165) is 22.0 Å². The average Bonchev–Trinajstić information content (AvgIpc) is 2.92. The van der Waals surface area contributed by atoms with Gasteiger partial charge in [0.1, 0.15) is 0 Å². The molecule has 0 spiro atoms. The molecule has 1 N–H and O–H groups in total. The summed E-state index contributed by atoms with van der Waals surface area (Å²) in [5.41, 5.74) is 3.60. The molecule has 0 aliphatic rings. The first kappa shape index (κ1) is 15.4. The molecule has 1 unspecified atom stereocenters. The molecule has 2 aromatic heterocycles. The van der Waals surface area contributed by atoms with Crippen molar-refractivity contribution in [2.24, 2.45) is 0 Å². The first-order valence-electron chi connectivity index (χ1n) is 7.33. The van der Waals surface area contributed by atoms with Crippen LogP contribution in [0.2, 0.25) is 5.02 Å². The molecule has 1 aromatic carbocycles. The van der Waals surface area contributed by atoms with Crippen LogP contribution in [-0.4, -0.2) is 9.61 Å². The predicted molar refractivity (Wildman–Crippen MR) is 93.4 cm³/mol. The zero-order chi connectivity index (χ0) is 15.5. The highest BCUT2D eigenvalue weighted by atomic mass is 35.5. The van der Waals surface area contributed by atoms with Gasteiger partial charge in [0.15, 0.2) is 0 Å². The highest BCUT2D eigenvalue weighted by molar-refractivity contribution is 7.97. The fraction of sp³-hybridized carbons (Fsp3) is 0.235. The fourth-order valence-electron chi connectivity index (χ4n) is 2.49. The van der Waals surface area contributed by atoms with Gasteiger partial charge in [0, 0.05) is 21.7 Å². The van der Waals surface area contributed by atoms with Crippen molar-refractivity contribution in [3.63, 3.8) is 0 Å². The van der Waals surface area contributed by atoms with Crippen molar-refractivity contribution in [1.29, 1.82) is 0 Å². The smallest absolute Gasteiger partial charge is 0.0842 e. The van der Waals surface area contributed by atoms with Crippen LogP contribution in [0.5, 0.6) is 0 Å². The van der Waals surface area contributed by atoms with Gasteiger partial charge in [0.25, 0.3) is 0 Å². The van der Waals surface area contributed by atoms with Gasteiger partial charge >= 0.3 is 0 Å². The van der Waals surface area contributed by atoms with Crippen LogP contribution in [0.1, 0.15) is 31.1 Å². The largest absolute Gasteiger partial charge is 0.251 e. The Kier molecular flexibility index (Phi) is 4.71. The van der Waals surface area contributed by atoms with E-state index >= 15 is 0 Å². The lowest BCUT2D eigenvalue weighted by Gasteiger charge is -2.12. The Morgan fingerprint density at radius 1 is 1.23 bits per heavy atom. The number of rotatable bonds is 5. The van der Waals surface area contributed by atoms with Crippen molar-refractivity contribution in [1.82, 2.24) is 14.3 Å². The molecule has 0 amide bonds. The summed E-state index contributed by atoms with van der Waals surface area (Å²) in [6.45, 7) is 4.32. The summed E-state index contributed by atoms with van der Waals surface area (Å²) >= 11 is 7.52. The number of nitrogens with one attached hydrogen (secondary N) is 1. The van der Waals surface area contributed by atoms with Crippen molar-refractivity contribution in [3.8, 4) is 0 Å². The highest BCUT2D eigenvalue weighted by Gasteiger charge is 2.16. The van der Waals surface area contributed by atoms with Gasteiger partial charge in [-0.05, 0) is 61.7 Å². The molecule has 0 saturated carbocycles. The first-order chi connectivity index (χ1) is 10.7. The second kappa shape index (κ2) is 6.73. The van der Waals surface area contributed by atoms with E-state index in [4.69, 9.17) is 16.7 Å². The Morgan fingerprint density at radius 3 is 2.73 bits per heavy atom. The zero-order valence-corrected chi connectivity index (χ0v) is 14.2. The van der Waals surface area contributed by atoms with E-state index in [1.165, 1.54) is 11.1 Å². The molecular formula is C17H18ClN3S. The summed E-state index contributed by atoms with van der Waals surface area (Å²) in [7, 11) is 0. The summed E-state index contributed by atoms with van der Waals surface area (Å²) < 4.78 is 5.43. The summed E-state index contributed by atoms with van der Waals surface area (Å²) in [5.74, 6) is 0. The monoisotopic (exact) mass is 331 g/mol. The van der Waals surface area contributed by atoms with Crippen molar-refractivity contribution in [2.75, 3.05) is 0 Å². The van der Waals surface area contributed by atoms with E-state index in [0.29, 0.717) is 0 Å². The van der Waals surface area contributed by atoms with Crippen LogP contribution >= 0.6 is 23.5 Å². The Balaban J connectivity index is 1.79. The Hall–Kier alpha value is -1.49. The molecule has 3 rings (SSSR count). The summed E-state index contributed by atoms with van der Waals surface area (Å²) in [5, 5.41) is 5.49. The van der Waals surface area contributed by atoms with Gasteiger partial charge in [-0.1, -0.05) is 24.6 Å². The van der Waals surface area contributed by atoms with E-state index in [1.807, 2.05) is 41.0 Å². The van der Waals surface area contributed by atoms with Crippen LogP contribution in [0.15, 0.2) is 53.6 Å². The summed E-state index contributed by atoms with van der Waals surface area (Å²) in [6.07, 6.45) is 2.97. The molecule has 3 aromatic rings. The van der Waals surface area contributed by atoms with Crippen LogP contribution < -0.4 is 4.72 Å². The van der Waals surface area contributed by atoms with E-state index in [2.05, 4.69) is 30.7 Å². The first-order valence-corrected chi connectivity index (χ1v) is 8.52. The molecule has 0 fully saturated rings. The van der Waals surface area contributed by atoms with Crippen molar-refractivity contribution in [3.05, 3.63) is 64.9 Å². The third-order valence-electron chi connectivity index (χ3n) is 3.60. The van der Waals surface area contributed by atoms with Crippen molar-refractivity contribution in [2.45, 2.75) is 31.2 Å². The number of aromatic nitrogens is 2. The Bertz CT molecular complexity index is 767. The van der Waals surface area contributed by atoms with Gasteiger partial charge in [0.2, 0.25) is 0 Å². The van der Waals surface area contributed by atoms with Crippen LogP contribution in [0.25, 0.3) is 5.52 Å². The molecule has 0 aliphatic carbocycles. The number of nitrogens with zero attached hydrogens (tertiary/aromatic N) is 2. The van der Waals surface area contributed by atoms with Gasteiger partial charge in [-0.15, -0.1) is 0 Å². The number of aryl methyl sites for hydroxylation is 1. The summed E-state index contributed by atoms with van der Waals surface area (Å²) in [4.78, 5) is 1.14. The van der Waals surface area contributed by atoms with Gasteiger partial charge < -0.3 is 0 Å². The third-order valence-corrected chi connectivity index (χ3v) is 4.84. The maximum Gasteiger partial charge on any atom is 0.0842 e. The van der Waals surface area contributed by atoms with Gasteiger partial charge in [-0.25, -0.2) is 4.52 Å². The predicted octanol–water partition coefficient (Wildman–Crippen LogP) is 4.91. The van der Waals surface area contributed by atoms with Crippen molar-refractivity contribution >= 4 is 29.1 Å². The average molecular weight is 332 g/mol. The quantitative estimate of drug-likeness (QED) is 0.674. The minimum absolute atomic E-state index is 0.163. The molecule has 0 aliphatic heterocycles. The van der Waals surface area contributed by atoms with Crippen LogP contribution in [0, 0.1) is 0 Å². The number of halogens is 1. The minimum Gasteiger partial charge on any atom is -0.251 e. The lowest BCUT2D eigenvalue weighted by atomic mass is 10.1. The maximum absolute atomic E-state index is 5.91. The lowest BCUT2D eigenvalue weighted by Crippen LogP contribution is -2.12. The number of hydrogen-bond donors (Lipinski definition) is 1. The number of pyridine rings is 1. The molecule has 3 nitrogen and oxygen atoms in total. The van der Waals surface area contributed by atoms with Crippen molar-refractivity contribution < 1.29 is 0 Å². The third kappa shape index (κ3) is 3.14. The number of hydrogen-bond acceptors (Lipinski definition) is 3. The van der Waals surface area contributed by atoms with Crippen LogP contribution in [-0.2, 0) is 6.42 Å². The van der Waals surface area contributed by atoms with E-state index in [-0.39, 0.29) is 6.04 Å². The van der Waals surface area contributed by atoms with Gasteiger partial charge in [0.05, 0.1) is 17.3 Å².